The maximum atomic E-state index is 11.9. The molecule has 8 heteroatoms. The normalized spacial score (nSPS) is 14.9. The summed E-state index contributed by atoms with van der Waals surface area (Å²) in [7, 11) is 0. The van der Waals surface area contributed by atoms with E-state index in [-0.39, 0.29) is 12.0 Å². The molecular formula is C12H15N3O5. The molecule has 0 spiro atoms. The van der Waals surface area contributed by atoms with E-state index in [4.69, 9.17) is 10.8 Å². The second kappa shape index (κ2) is 6.62. The zero-order valence-electron chi connectivity index (χ0n) is 10.7. The fourth-order valence-corrected chi connectivity index (χ4v) is 1.59. The van der Waals surface area contributed by atoms with E-state index in [0.29, 0.717) is 0 Å². The number of carbonyl (C=O) groups is 4. The van der Waals surface area contributed by atoms with E-state index in [1.54, 1.807) is 6.07 Å². The third-order valence-electron chi connectivity index (χ3n) is 2.76. The molecule has 1 rings (SSSR count). The lowest BCUT2D eigenvalue weighted by Crippen LogP contribution is -2.50. The van der Waals surface area contributed by atoms with Crippen LogP contribution in [-0.2, 0) is 14.4 Å². The molecule has 0 aliphatic heterocycles. The van der Waals surface area contributed by atoms with E-state index in [1.165, 1.54) is 19.2 Å². The number of carboxylic acid groups (broad SMARTS) is 1. The lowest BCUT2D eigenvalue weighted by Gasteiger charge is -2.18. The quantitative estimate of drug-likeness (QED) is 0.370. The summed E-state index contributed by atoms with van der Waals surface area (Å²) in [5.74, 6) is -4.26. The van der Waals surface area contributed by atoms with Gasteiger partial charge in [0.15, 0.2) is 5.78 Å². The minimum absolute atomic E-state index is 0.179. The van der Waals surface area contributed by atoms with Crippen molar-refractivity contribution in [1.29, 1.82) is 0 Å². The van der Waals surface area contributed by atoms with Crippen LogP contribution in [0.2, 0.25) is 0 Å². The van der Waals surface area contributed by atoms with E-state index in [9.17, 15) is 19.2 Å². The molecule has 0 saturated carbocycles. The summed E-state index contributed by atoms with van der Waals surface area (Å²) in [5, 5.41) is 11.1. The van der Waals surface area contributed by atoms with E-state index < -0.39 is 35.7 Å². The first-order valence-corrected chi connectivity index (χ1v) is 5.80. The number of nitrogens with two attached hydrogens (primary N) is 1. The highest BCUT2D eigenvalue weighted by molar-refractivity contribution is 6.03. The average molecular weight is 281 g/mol. The Morgan fingerprint density at radius 3 is 2.55 bits per heavy atom. The van der Waals surface area contributed by atoms with Crippen molar-refractivity contribution in [2.24, 2.45) is 11.7 Å². The Balaban J connectivity index is 2.73. The lowest BCUT2D eigenvalue weighted by atomic mass is 9.93. The Kier molecular flexibility index (Phi) is 5.15. The van der Waals surface area contributed by atoms with Gasteiger partial charge in [-0.25, -0.2) is 0 Å². The molecule has 3 atom stereocenters. The molecule has 1 aromatic heterocycles. The van der Waals surface area contributed by atoms with Crippen LogP contribution in [0.5, 0.6) is 0 Å². The van der Waals surface area contributed by atoms with Crippen LogP contribution in [0.15, 0.2) is 18.3 Å². The van der Waals surface area contributed by atoms with Crippen LogP contribution in [0.3, 0.4) is 0 Å². The number of aromatic nitrogens is 1. The molecule has 20 heavy (non-hydrogen) atoms. The number of aliphatic carboxylic acids is 1. The first kappa shape index (κ1) is 15.6. The summed E-state index contributed by atoms with van der Waals surface area (Å²) in [6.07, 6.45) is 1.72. The summed E-state index contributed by atoms with van der Waals surface area (Å²) in [6.45, 7) is 1.36. The van der Waals surface area contributed by atoms with Gasteiger partial charge in [0.2, 0.25) is 0 Å². The standard InChI is InChI=1S/C12H15N3O5/c1-6(15-11(18)8-3-2-4-14-8)10(17)7(5-16)9(13)12(19)20/h2-7,9,14H,13H2,1H3,(H,15,18)(H,19,20)/t6-,7+,9?/m0/s1. The number of H-pyrrole nitrogens is 1. The molecular weight excluding hydrogens is 266 g/mol. The number of aromatic amines is 1. The van der Waals surface area contributed by atoms with Gasteiger partial charge in [-0.2, -0.15) is 0 Å². The average Bonchev–Trinajstić information content (AvgIpc) is 2.92. The van der Waals surface area contributed by atoms with E-state index in [1.807, 2.05) is 0 Å². The Labute approximate surface area is 114 Å². The molecule has 1 heterocycles. The Morgan fingerprint density at radius 2 is 2.10 bits per heavy atom. The van der Waals surface area contributed by atoms with Gasteiger partial charge >= 0.3 is 5.97 Å². The molecule has 0 radical (unpaired) electrons. The summed E-state index contributed by atoms with van der Waals surface area (Å²) in [5.41, 5.74) is 5.51. The first-order valence-electron chi connectivity index (χ1n) is 5.80. The van der Waals surface area contributed by atoms with Crippen LogP contribution in [0.4, 0.5) is 0 Å². The zero-order valence-corrected chi connectivity index (χ0v) is 10.7. The van der Waals surface area contributed by atoms with Crippen molar-refractivity contribution in [1.82, 2.24) is 10.3 Å². The van der Waals surface area contributed by atoms with Gasteiger partial charge in [0, 0.05) is 6.20 Å². The summed E-state index contributed by atoms with van der Waals surface area (Å²) >= 11 is 0. The molecule has 0 bridgehead atoms. The predicted octanol–water partition coefficient (Wildman–Crippen LogP) is -1.07. The van der Waals surface area contributed by atoms with Crippen LogP contribution in [0.1, 0.15) is 17.4 Å². The smallest absolute Gasteiger partial charge is 0.321 e. The molecule has 1 unspecified atom stereocenters. The van der Waals surface area contributed by atoms with Crippen LogP contribution in [0.25, 0.3) is 0 Å². The van der Waals surface area contributed by atoms with E-state index in [2.05, 4.69) is 10.3 Å². The molecule has 108 valence electrons. The minimum atomic E-state index is -1.63. The van der Waals surface area contributed by atoms with Crippen molar-refractivity contribution in [3.8, 4) is 0 Å². The second-order valence-electron chi connectivity index (χ2n) is 4.21. The SMILES string of the molecule is C[C@H](NC(=O)c1ccc[nH]1)C(=O)[C@H](C=O)C(N)C(=O)O. The minimum Gasteiger partial charge on any atom is -0.480 e. The van der Waals surface area contributed by atoms with Crippen molar-refractivity contribution >= 4 is 23.9 Å². The largest absolute Gasteiger partial charge is 0.480 e. The van der Waals surface area contributed by atoms with Gasteiger partial charge in [-0.3, -0.25) is 14.4 Å². The molecule has 0 aromatic carbocycles. The van der Waals surface area contributed by atoms with Gasteiger partial charge in [-0.15, -0.1) is 0 Å². The monoisotopic (exact) mass is 281 g/mol. The molecule has 1 amide bonds. The summed E-state index contributed by atoms with van der Waals surface area (Å²) in [6, 6.07) is 0.444. The Morgan fingerprint density at radius 1 is 1.45 bits per heavy atom. The molecule has 0 fully saturated rings. The maximum absolute atomic E-state index is 11.9. The van der Waals surface area contributed by atoms with Crippen LogP contribution in [0, 0.1) is 5.92 Å². The molecule has 0 aliphatic rings. The maximum Gasteiger partial charge on any atom is 0.321 e. The number of aldehydes is 1. The first-order chi connectivity index (χ1) is 9.38. The zero-order chi connectivity index (χ0) is 15.3. The number of hydrogen-bond donors (Lipinski definition) is 4. The third-order valence-corrected chi connectivity index (χ3v) is 2.76. The van der Waals surface area contributed by atoms with Gasteiger partial charge in [0.05, 0.1) is 6.04 Å². The van der Waals surface area contributed by atoms with Gasteiger partial charge in [-0.1, -0.05) is 0 Å². The Hall–Kier alpha value is -2.48. The number of Topliss-reactive ketones (excluding diaryl/α,β-unsaturated/α-hetero) is 1. The number of carbonyl (C=O) groups excluding carboxylic acids is 3. The number of amides is 1. The van der Waals surface area contributed by atoms with Crippen LogP contribution in [-0.4, -0.2) is 46.1 Å². The van der Waals surface area contributed by atoms with Gasteiger partial charge in [0.1, 0.15) is 23.9 Å². The summed E-state index contributed by atoms with van der Waals surface area (Å²) in [4.78, 5) is 47.8. The number of hydrogen-bond acceptors (Lipinski definition) is 5. The number of carboxylic acids is 1. The second-order valence-corrected chi connectivity index (χ2v) is 4.21. The molecule has 8 nitrogen and oxygen atoms in total. The highest BCUT2D eigenvalue weighted by Gasteiger charge is 2.33. The van der Waals surface area contributed by atoms with E-state index >= 15 is 0 Å². The third kappa shape index (κ3) is 3.51. The van der Waals surface area contributed by atoms with Crippen molar-refractivity contribution in [2.45, 2.75) is 19.0 Å². The van der Waals surface area contributed by atoms with Gasteiger partial charge < -0.3 is 25.9 Å². The number of rotatable bonds is 7. The van der Waals surface area contributed by atoms with Crippen molar-refractivity contribution in [2.75, 3.05) is 0 Å². The van der Waals surface area contributed by atoms with Crippen molar-refractivity contribution in [3.05, 3.63) is 24.0 Å². The van der Waals surface area contributed by atoms with Gasteiger partial charge in [0.25, 0.3) is 5.91 Å². The fraction of sp³-hybridized carbons (Fsp3) is 0.333. The topological polar surface area (TPSA) is 142 Å². The van der Waals surface area contributed by atoms with Crippen LogP contribution < -0.4 is 11.1 Å². The predicted molar refractivity (Wildman–Crippen MR) is 67.9 cm³/mol. The number of ketones is 1. The molecule has 5 N–H and O–H groups in total. The molecule has 0 saturated heterocycles. The number of nitrogens with one attached hydrogen (secondary N) is 2. The Bertz CT molecular complexity index is 511. The van der Waals surface area contributed by atoms with E-state index in [0.717, 1.165) is 0 Å². The molecule has 1 aromatic rings. The van der Waals surface area contributed by atoms with Gasteiger partial charge in [-0.05, 0) is 19.1 Å². The van der Waals surface area contributed by atoms with Crippen LogP contribution >= 0.6 is 0 Å². The lowest BCUT2D eigenvalue weighted by molar-refractivity contribution is -0.144. The highest BCUT2D eigenvalue weighted by atomic mass is 16.4. The highest BCUT2D eigenvalue weighted by Crippen LogP contribution is 2.05. The summed E-state index contributed by atoms with van der Waals surface area (Å²) < 4.78 is 0. The van der Waals surface area contributed by atoms with Crippen molar-refractivity contribution in [3.63, 3.8) is 0 Å². The van der Waals surface area contributed by atoms with Crippen molar-refractivity contribution < 1.29 is 24.3 Å². The molecule has 0 aliphatic carbocycles. The fourth-order valence-electron chi connectivity index (χ4n) is 1.59.